The minimum absolute atomic E-state index is 0.00517. The Labute approximate surface area is 126 Å². The molecule has 0 unspecified atom stereocenters. The van der Waals surface area contributed by atoms with E-state index in [0.717, 1.165) is 12.8 Å². The molecule has 0 fully saturated rings. The van der Waals surface area contributed by atoms with Gasteiger partial charge in [0.25, 0.3) is 0 Å². The average molecular weight is 320 g/mol. The van der Waals surface area contributed by atoms with E-state index in [1.165, 1.54) is 37.8 Å². The zero-order valence-electron chi connectivity index (χ0n) is 11.8. The summed E-state index contributed by atoms with van der Waals surface area (Å²) >= 11 is 5.97. The van der Waals surface area contributed by atoms with Crippen molar-refractivity contribution in [3.05, 3.63) is 23.2 Å². The SMILES string of the molecule is CCCCCCCCOc1ccc(S(N)(=O)=O)cc1Cl. The number of halogens is 1. The molecule has 0 aromatic heterocycles. The van der Waals surface area contributed by atoms with E-state index in [9.17, 15) is 8.42 Å². The van der Waals surface area contributed by atoms with Crippen LogP contribution < -0.4 is 9.88 Å². The van der Waals surface area contributed by atoms with Gasteiger partial charge in [0.2, 0.25) is 10.0 Å². The fourth-order valence-electron chi connectivity index (χ4n) is 1.84. The Bertz CT molecular complexity index is 517. The molecule has 6 heteroatoms. The maximum absolute atomic E-state index is 11.2. The average Bonchev–Trinajstić information content (AvgIpc) is 2.38. The van der Waals surface area contributed by atoms with Gasteiger partial charge in [-0.1, -0.05) is 50.6 Å². The lowest BCUT2D eigenvalue weighted by molar-refractivity contribution is 0.304. The summed E-state index contributed by atoms with van der Waals surface area (Å²) in [6.45, 7) is 2.77. The predicted molar refractivity (Wildman–Crippen MR) is 81.7 cm³/mol. The van der Waals surface area contributed by atoms with Crippen molar-refractivity contribution >= 4 is 21.6 Å². The van der Waals surface area contributed by atoms with Gasteiger partial charge < -0.3 is 4.74 Å². The molecule has 0 amide bonds. The molecule has 4 nitrogen and oxygen atoms in total. The van der Waals surface area contributed by atoms with Gasteiger partial charge in [0.05, 0.1) is 16.5 Å². The third-order valence-corrected chi connectivity index (χ3v) is 4.19. The van der Waals surface area contributed by atoms with Crippen molar-refractivity contribution in [3.63, 3.8) is 0 Å². The molecule has 0 atom stereocenters. The molecule has 1 rings (SSSR count). The minimum atomic E-state index is -3.72. The Balaban J connectivity index is 2.38. The Kier molecular flexibility index (Phi) is 7.34. The number of hydrogen-bond donors (Lipinski definition) is 1. The van der Waals surface area contributed by atoms with Crippen molar-refractivity contribution in [1.29, 1.82) is 0 Å². The van der Waals surface area contributed by atoms with Crippen LogP contribution in [-0.4, -0.2) is 15.0 Å². The number of rotatable bonds is 9. The van der Waals surface area contributed by atoms with Crippen molar-refractivity contribution < 1.29 is 13.2 Å². The van der Waals surface area contributed by atoms with E-state index in [1.807, 2.05) is 0 Å². The zero-order chi connectivity index (χ0) is 15.0. The quantitative estimate of drug-likeness (QED) is 0.705. The second-order valence-electron chi connectivity index (χ2n) is 4.75. The summed E-state index contributed by atoms with van der Waals surface area (Å²) in [6.07, 6.45) is 7.10. The standard InChI is InChI=1S/C14H22ClNO3S/c1-2-3-4-5-6-7-10-19-14-9-8-12(11-13(14)15)20(16,17)18/h8-9,11H,2-7,10H2,1H3,(H2,16,17,18). The molecule has 0 bridgehead atoms. The fourth-order valence-corrected chi connectivity index (χ4v) is 2.68. The monoisotopic (exact) mass is 319 g/mol. The molecule has 20 heavy (non-hydrogen) atoms. The second kappa shape index (κ2) is 8.49. The summed E-state index contributed by atoms with van der Waals surface area (Å²) in [4.78, 5) is -0.00517. The number of ether oxygens (including phenoxy) is 1. The van der Waals surface area contributed by atoms with Crippen LogP contribution in [0, 0.1) is 0 Å². The van der Waals surface area contributed by atoms with Crippen molar-refractivity contribution in [2.45, 2.75) is 50.3 Å². The van der Waals surface area contributed by atoms with E-state index in [0.29, 0.717) is 12.4 Å². The fraction of sp³-hybridized carbons (Fsp3) is 0.571. The number of sulfonamides is 1. The highest BCUT2D eigenvalue weighted by Gasteiger charge is 2.11. The van der Waals surface area contributed by atoms with Crippen molar-refractivity contribution in [2.75, 3.05) is 6.61 Å². The zero-order valence-corrected chi connectivity index (χ0v) is 13.3. The lowest BCUT2D eigenvalue weighted by Crippen LogP contribution is -2.12. The molecule has 0 spiro atoms. The molecule has 0 aliphatic heterocycles. The molecule has 114 valence electrons. The first-order valence-electron chi connectivity index (χ1n) is 6.90. The molecule has 1 aromatic carbocycles. The van der Waals surface area contributed by atoms with E-state index in [1.54, 1.807) is 6.07 Å². The highest BCUT2D eigenvalue weighted by Crippen LogP contribution is 2.27. The van der Waals surface area contributed by atoms with E-state index in [-0.39, 0.29) is 9.92 Å². The van der Waals surface area contributed by atoms with Crippen LogP contribution in [0.1, 0.15) is 45.4 Å². The van der Waals surface area contributed by atoms with Crippen LogP contribution in [-0.2, 0) is 10.0 Å². The first kappa shape index (κ1) is 17.3. The number of unbranched alkanes of at least 4 members (excludes halogenated alkanes) is 5. The van der Waals surface area contributed by atoms with Crippen LogP contribution in [0.15, 0.2) is 23.1 Å². The summed E-state index contributed by atoms with van der Waals surface area (Å²) in [5.41, 5.74) is 0. The lowest BCUT2D eigenvalue weighted by Gasteiger charge is -2.09. The van der Waals surface area contributed by atoms with Gasteiger partial charge in [-0.2, -0.15) is 0 Å². The molecule has 2 N–H and O–H groups in total. The third-order valence-electron chi connectivity index (χ3n) is 2.99. The third kappa shape index (κ3) is 6.11. The van der Waals surface area contributed by atoms with E-state index in [2.05, 4.69) is 6.92 Å². The van der Waals surface area contributed by atoms with Crippen molar-refractivity contribution in [2.24, 2.45) is 5.14 Å². The smallest absolute Gasteiger partial charge is 0.238 e. The van der Waals surface area contributed by atoms with Gasteiger partial charge in [0.1, 0.15) is 5.75 Å². The molecule has 0 heterocycles. The highest BCUT2D eigenvalue weighted by molar-refractivity contribution is 7.89. The van der Waals surface area contributed by atoms with Gasteiger partial charge in [-0.15, -0.1) is 0 Å². The maximum atomic E-state index is 11.2. The molecule has 0 aliphatic rings. The summed E-state index contributed by atoms with van der Waals surface area (Å²) in [7, 11) is -3.72. The number of benzene rings is 1. The van der Waals surface area contributed by atoms with Crippen LogP contribution in [0.3, 0.4) is 0 Å². The summed E-state index contributed by atoms with van der Waals surface area (Å²) in [5, 5.41) is 5.29. The Morgan fingerprint density at radius 2 is 1.80 bits per heavy atom. The molecule has 0 saturated heterocycles. The van der Waals surface area contributed by atoms with Gasteiger partial charge in [-0.05, 0) is 24.6 Å². The largest absolute Gasteiger partial charge is 0.492 e. The maximum Gasteiger partial charge on any atom is 0.238 e. The van der Waals surface area contributed by atoms with Crippen LogP contribution >= 0.6 is 11.6 Å². The predicted octanol–water partition coefficient (Wildman–Crippen LogP) is 3.73. The lowest BCUT2D eigenvalue weighted by atomic mass is 10.1. The molecular weight excluding hydrogens is 298 g/mol. The number of nitrogens with two attached hydrogens (primary N) is 1. The van der Waals surface area contributed by atoms with Gasteiger partial charge in [-0.3, -0.25) is 0 Å². The first-order chi connectivity index (χ1) is 9.45. The number of primary sulfonamides is 1. The molecule has 1 aromatic rings. The summed E-state index contributed by atoms with van der Waals surface area (Å²) in [5.74, 6) is 0.493. The highest BCUT2D eigenvalue weighted by atomic mass is 35.5. The van der Waals surface area contributed by atoms with E-state index >= 15 is 0 Å². The van der Waals surface area contributed by atoms with Gasteiger partial charge >= 0.3 is 0 Å². The van der Waals surface area contributed by atoms with Crippen LogP contribution in [0.2, 0.25) is 5.02 Å². The van der Waals surface area contributed by atoms with Gasteiger partial charge in [0, 0.05) is 0 Å². The molecule has 0 aliphatic carbocycles. The molecule has 0 radical (unpaired) electrons. The minimum Gasteiger partial charge on any atom is -0.492 e. The molecule has 0 saturated carbocycles. The Morgan fingerprint density at radius 3 is 2.40 bits per heavy atom. The summed E-state index contributed by atoms with van der Waals surface area (Å²) < 4.78 is 27.9. The second-order valence-corrected chi connectivity index (χ2v) is 6.72. The van der Waals surface area contributed by atoms with Crippen LogP contribution in [0.4, 0.5) is 0 Å². The normalized spacial score (nSPS) is 11.6. The van der Waals surface area contributed by atoms with Gasteiger partial charge in [0.15, 0.2) is 0 Å². The van der Waals surface area contributed by atoms with Crippen LogP contribution in [0.25, 0.3) is 0 Å². The van der Waals surface area contributed by atoms with Crippen molar-refractivity contribution in [3.8, 4) is 5.75 Å². The number of hydrogen-bond acceptors (Lipinski definition) is 3. The Hall–Kier alpha value is -0.780. The first-order valence-corrected chi connectivity index (χ1v) is 8.82. The molecular formula is C14H22ClNO3S. The Morgan fingerprint density at radius 1 is 1.15 bits per heavy atom. The topological polar surface area (TPSA) is 69.4 Å². The van der Waals surface area contributed by atoms with Gasteiger partial charge in [-0.25, -0.2) is 13.6 Å². The van der Waals surface area contributed by atoms with E-state index in [4.69, 9.17) is 21.5 Å². The van der Waals surface area contributed by atoms with E-state index < -0.39 is 10.0 Å². The van der Waals surface area contributed by atoms with Crippen molar-refractivity contribution in [1.82, 2.24) is 0 Å². The summed E-state index contributed by atoms with van der Waals surface area (Å²) in [6, 6.07) is 4.25. The van der Waals surface area contributed by atoms with Crippen LogP contribution in [0.5, 0.6) is 5.75 Å².